The van der Waals surface area contributed by atoms with Gasteiger partial charge in [-0.25, -0.2) is 0 Å². The van der Waals surface area contributed by atoms with Crippen LogP contribution >= 0.6 is 0 Å². The van der Waals surface area contributed by atoms with Crippen molar-refractivity contribution in [2.45, 2.75) is 52.4 Å². The maximum absolute atomic E-state index is 11.0. The van der Waals surface area contributed by atoms with E-state index in [1.807, 2.05) is 26.8 Å². The zero-order chi connectivity index (χ0) is 13.2. The molecule has 0 saturated carbocycles. The molecule has 0 aromatic heterocycles. The molecule has 2 nitrogen and oxygen atoms in total. The lowest BCUT2D eigenvalue weighted by molar-refractivity contribution is 0.112. The van der Waals surface area contributed by atoms with Crippen molar-refractivity contribution in [1.82, 2.24) is 0 Å². The smallest absolute Gasteiger partial charge is 0.153 e. The molecule has 0 heterocycles. The van der Waals surface area contributed by atoms with E-state index in [9.17, 15) is 9.90 Å². The minimum absolute atomic E-state index is 0.125. The summed E-state index contributed by atoms with van der Waals surface area (Å²) in [5.41, 5.74) is 2.20. The Hall–Kier alpha value is -1.31. The number of phenols is 1. The average molecular weight is 234 g/mol. The summed E-state index contributed by atoms with van der Waals surface area (Å²) in [6.45, 7) is 10.4. The largest absolute Gasteiger partial charge is 0.507 e. The van der Waals surface area contributed by atoms with Gasteiger partial charge in [0.05, 0.1) is 5.56 Å². The topological polar surface area (TPSA) is 37.3 Å². The van der Waals surface area contributed by atoms with E-state index in [-0.39, 0.29) is 11.2 Å². The van der Waals surface area contributed by atoms with Crippen LogP contribution < -0.4 is 0 Å². The molecule has 0 fully saturated rings. The molecule has 1 rings (SSSR count). The highest BCUT2D eigenvalue weighted by Gasteiger charge is 2.22. The number of phenolic OH excluding ortho intramolecular Hbond substituents is 1. The molecule has 0 saturated heterocycles. The van der Waals surface area contributed by atoms with Gasteiger partial charge in [-0.2, -0.15) is 0 Å². The minimum Gasteiger partial charge on any atom is -0.507 e. The van der Waals surface area contributed by atoms with E-state index in [4.69, 9.17) is 0 Å². The second-order valence-corrected chi connectivity index (χ2v) is 5.68. The average Bonchev–Trinajstić information content (AvgIpc) is 2.26. The molecular formula is C15H22O2. The van der Waals surface area contributed by atoms with Crippen molar-refractivity contribution in [2.24, 2.45) is 0 Å². The first kappa shape index (κ1) is 13.8. The Labute approximate surface area is 104 Å². The highest BCUT2D eigenvalue weighted by atomic mass is 16.3. The molecule has 0 aliphatic carbocycles. The predicted octanol–water partition coefficient (Wildman–Crippen LogP) is 4.02. The number of aromatic hydroxyl groups is 1. The summed E-state index contributed by atoms with van der Waals surface area (Å²) in [7, 11) is 0. The highest BCUT2D eigenvalue weighted by molar-refractivity contribution is 5.81. The summed E-state index contributed by atoms with van der Waals surface area (Å²) in [6, 6.07) is 3.82. The normalized spacial score (nSPS) is 13.5. The molecule has 1 N–H and O–H groups in total. The van der Waals surface area contributed by atoms with Crippen molar-refractivity contribution in [3.8, 4) is 5.75 Å². The van der Waals surface area contributed by atoms with Gasteiger partial charge < -0.3 is 5.11 Å². The molecule has 0 bridgehead atoms. The van der Waals surface area contributed by atoms with Gasteiger partial charge >= 0.3 is 0 Å². The minimum atomic E-state index is -0.161. The van der Waals surface area contributed by atoms with Gasteiger partial charge in [-0.1, -0.05) is 40.7 Å². The van der Waals surface area contributed by atoms with E-state index >= 15 is 0 Å². The molecule has 0 radical (unpaired) electrons. The van der Waals surface area contributed by atoms with Crippen LogP contribution in [0.3, 0.4) is 0 Å². The monoisotopic (exact) mass is 234 g/mol. The third-order valence-corrected chi connectivity index (χ3v) is 3.28. The predicted molar refractivity (Wildman–Crippen MR) is 70.9 cm³/mol. The fourth-order valence-electron chi connectivity index (χ4n) is 1.86. The molecule has 1 unspecified atom stereocenters. The van der Waals surface area contributed by atoms with Crippen molar-refractivity contribution < 1.29 is 9.90 Å². The quantitative estimate of drug-likeness (QED) is 0.802. The molecule has 0 spiro atoms. The fourth-order valence-corrected chi connectivity index (χ4v) is 1.86. The number of carbonyl (C=O) groups excluding carboxylic acids is 1. The van der Waals surface area contributed by atoms with Crippen LogP contribution in [0.25, 0.3) is 0 Å². The maximum atomic E-state index is 11.0. The molecule has 17 heavy (non-hydrogen) atoms. The number of aldehydes is 1. The van der Waals surface area contributed by atoms with Crippen molar-refractivity contribution in [2.75, 3.05) is 0 Å². The summed E-state index contributed by atoms with van der Waals surface area (Å²) in [4.78, 5) is 11.0. The number of benzene rings is 1. The molecule has 2 heteroatoms. The Bertz CT molecular complexity index is 414. The standard InChI is InChI=1S/C15H22O2/c1-6-10(2)11-7-12(9-16)14(17)13(8-11)15(3,4)5/h7-10,17H,6H2,1-5H3. The van der Waals surface area contributed by atoms with Crippen LogP contribution in [0.1, 0.15) is 68.4 Å². The summed E-state index contributed by atoms with van der Waals surface area (Å²) in [6.07, 6.45) is 1.75. The lowest BCUT2D eigenvalue weighted by Gasteiger charge is -2.23. The van der Waals surface area contributed by atoms with Crippen molar-refractivity contribution in [3.05, 3.63) is 28.8 Å². The molecule has 0 aliphatic rings. The third kappa shape index (κ3) is 2.87. The number of carbonyl (C=O) groups is 1. The first-order valence-electron chi connectivity index (χ1n) is 6.13. The van der Waals surface area contributed by atoms with Gasteiger partial charge in [0.2, 0.25) is 0 Å². The Morgan fingerprint density at radius 1 is 1.35 bits per heavy atom. The van der Waals surface area contributed by atoms with Crippen molar-refractivity contribution in [3.63, 3.8) is 0 Å². The van der Waals surface area contributed by atoms with E-state index in [0.717, 1.165) is 23.8 Å². The van der Waals surface area contributed by atoms with E-state index < -0.39 is 0 Å². The van der Waals surface area contributed by atoms with Crippen LogP contribution in [0, 0.1) is 0 Å². The molecule has 0 amide bonds. The van der Waals surface area contributed by atoms with Gasteiger partial charge in [-0.05, 0) is 29.4 Å². The number of hydrogen-bond acceptors (Lipinski definition) is 2. The van der Waals surface area contributed by atoms with Gasteiger partial charge in [-0.3, -0.25) is 4.79 Å². The van der Waals surface area contributed by atoms with E-state index in [1.54, 1.807) is 6.07 Å². The van der Waals surface area contributed by atoms with Gasteiger partial charge in [0, 0.05) is 5.56 Å². The van der Waals surface area contributed by atoms with Crippen LogP contribution in [0.2, 0.25) is 0 Å². The molecule has 1 aromatic rings. The van der Waals surface area contributed by atoms with Crippen LogP contribution in [0.5, 0.6) is 5.75 Å². The second-order valence-electron chi connectivity index (χ2n) is 5.68. The number of hydrogen-bond donors (Lipinski definition) is 1. The van der Waals surface area contributed by atoms with E-state index in [2.05, 4.69) is 13.8 Å². The Balaban J connectivity index is 3.44. The van der Waals surface area contributed by atoms with Crippen LogP contribution in [-0.2, 0) is 5.41 Å². The maximum Gasteiger partial charge on any atom is 0.153 e. The SMILES string of the molecule is CCC(C)c1cc(C=O)c(O)c(C(C)(C)C)c1. The van der Waals surface area contributed by atoms with Crippen LogP contribution in [-0.4, -0.2) is 11.4 Å². The Morgan fingerprint density at radius 2 is 1.94 bits per heavy atom. The van der Waals surface area contributed by atoms with Crippen molar-refractivity contribution >= 4 is 6.29 Å². The van der Waals surface area contributed by atoms with E-state index in [1.165, 1.54) is 0 Å². The molecule has 1 aromatic carbocycles. The molecular weight excluding hydrogens is 212 g/mol. The van der Waals surface area contributed by atoms with Crippen LogP contribution in [0.15, 0.2) is 12.1 Å². The van der Waals surface area contributed by atoms with Gasteiger partial charge in [0.1, 0.15) is 5.75 Å². The van der Waals surface area contributed by atoms with Crippen LogP contribution in [0.4, 0.5) is 0 Å². The van der Waals surface area contributed by atoms with Gasteiger partial charge in [-0.15, -0.1) is 0 Å². The lowest BCUT2D eigenvalue weighted by atomic mass is 9.82. The second kappa shape index (κ2) is 4.91. The first-order chi connectivity index (χ1) is 7.81. The first-order valence-corrected chi connectivity index (χ1v) is 6.13. The number of rotatable bonds is 3. The fraction of sp³-hybridized carbons (Fsp3) is 0.533. The molecule has 94 valence electrons. The van der Waals surface area contributed by atoms with Gasteiger partial charge in [0.15, 0.2) is 6.29 Å². The summed E-state index contributed by atoms with van der Waals surface area (Å²) >= 11 is 0. The molecule has 1 atom stereocenters. The third-order valence-electron chi connectivity index (χ3n) is 3.28. The molecule has 0 aliphatic heterocycles. The van der Waals surface area contributed by atoms with Crippen molar-refractivity contribution in [1.29, 1.82) is 0 Å². The zero-order valence-electron chi connectivity index (χ0n) is 11.4. The zero-order valence-corrected chi connectivity index (χ0v) is 11.4. The Kier molecular flexibility index (Phi) is 3.97. The van der Waals surface area contributed by atoms with Gasteiger partial charge in [0.25, 0.3) is 0 Å². The van der Waals surface area contributed by atoms with E-state index in [0.29, 0.717) is 11.5 Å². The Morgan fingerprint density at radius 3 is 2.35 bits per heavy atom. The lowest BCUT2D eigenvalue weighted by Crippen LogP contribution is -2.13. The summed E-state index contributed by atoms with van der Waals surface area (Å²) in [5.74, 6) is 0.523. The summed E-state index contributed by atoms with van der Waals surface area (Å²) < 4.78 is 0. The summed E-state index contributed by atoms with van der Waals surface area (Å²) in [5, 5.41) is 10.1. The highest BCUT2D eigenvalue weighted by Crippen LogP contribution is 2.36.